The minimum Gasteiger partial charge on any atom is -0.550 e. The second kappa shape index (κ2) is 9.91. The second-order valence-corrected chi connectivity index (χ2v) is 6.53. The summed E-state index contributed by atoms with van der Waals surface area (Å²) in [5, 5.41) is 26.8. The molecule has 1 heterocycles. The standard InChI is InChI=1S/C11H22N2O3S2/c14-10-7-17-3-1-12-5-9(11(15)16)6-13-2-4-18-8-10/h9-10,12-14H,1-8H2,(H,15,16)/p-1. The number of rotatable bonds is 1. The summed E-state index contributed by atoms with van der Waals surface area (Å²) in [7, 11) is 0. The molecule has 0 aromatic heterocycles. The average Bonchev–Trinajstić information content (AvgIpc) is 2.34. The van der Waals surface area contributed by atoms with Gasteiger partial charge in [-0.05, 0) is 0 Å². The zero-order valence-corrected chi connectivity index (χ0v) is 12.0. The number of carbonyl (C=O) groups is 1. The smallest absolute Gasteiger partial charge is 0.0720 e. The van der Waals surface area contributed by atoms with Crippen molar-refractivity contribution in [2.24, 2.45) is 5.92 Å². The van der Waals surface area contributed by atoms with Gasteiger partial charge in [0.1, 0.15) is 0 Å². The number of aliphatic hydroxyl groups excluding tert-OH is 1. The normalized spacial score (nSPS) is 29.4. The van der Waals surface area contributed by atoms with Gasteiger partial charge in [-0.1, -0.05) is 0 Å². The van der Waals surface area contributed by atoms with Crippen molar-refractivity contribution in [1.29, 1.82) is 0 Å². The number of aliphatic carboxylic acids is 1. The number of carboxylic acid groups (broad SMARTS) is 1. The molecule has 1 saturated heterocycles. The highest BCUT2D eigenvalue weighted by atomic mass is 32.2. The Bertz CT molecular complexity index is 228. The molecule has 0 saturated carbocycles. The average molecular weight is 293 g/mol. The van der Waals surface area contributed by atoms with E-state index in [1.165, 1.54) is 0 Å². The van der Waals surface area contributed by atoms with Crippen LogP contribution in [-0.4, -0.2) is 66.4 Å². The summed E-state index contributed by atoms with van der Waals surface area (Å²) in [5.74, 6) is 1.77. The molecule has 3 N–H and O–H groups in total. The maximum Gasteiger partial charge on any atom is 0.0720 e. The number of nitrogens with one attached hydrogen (secondary N) is 2. The maximum atomic E-state index is 10.9. The van der Waals surface area contributed by atoms with Crippen molar-refractivity contribution in [3.8, 4) is 0 Å². The molecule has 0 aromatic rings. The van der Waals surface area contributed by atoms with Crippen molar-refractivity contribution in [2.45, 2.75) is 6.10 Å². The van der Waals surface area contributed by atoms with E-state index in [2.05, 4.69) is 10.6 Å². The third kappa shape index (κ3) is 7.48. The molecule has 0 spiro atoms. The minimum absolute atomic E-state index is 0.251. The Morgan fingerprint density at radius 1 is 1.11 bits per heavy atom. The monoisotopic (exact) mass is 293 g/mol. The zero-order valence-electron chi connectivity index (χ0n) is 10.4. The summed E-state index contributed by atoms with van der Waals surface area (Å²) in [6, 6.07) is 0. The van der Waals surface area contributed by atoms with Crippen LogP contribution >= 0.6 is 23.5 Å². The number of carbonyl (C=O) groups excluding carboxylic acids is 1. The van der Waals surface area contributed by atoms with Gasteiger partial charge in [-0.25, -0.2) is 0 Å². The Kier molecular flexibility index (Phi) is 8.87. The summed E-state index contributed by atoms with van der Waals surface area (Å²) in [6.45, 7) is 2.39. The van der Waals surface area contributed by atoms with E-state index in [0.29, 0.717) is 13.1 Å². The third-order valence-corrected chi connectivity index (χ3v) is 4.81. The van der Waals surface area contributed by atoms with Crippen LogP contribution in [0.3, 0.4) is 0 Å². The van der Waals surface area contributed by atoms with Gasteiger partial charge < -0.3 is 25.6 Å². The first-order valence-corrected chi connectivity index (χ1v) is 8.47. The van der Waals surface area contributed by atoms with Crippen molar-refractivity contribution >= 4 is 29.5 Å². The van der Waals surface area contributed by atoms with Crippen LogP contribution in [0.1, 0.15) is 0 Å². The minimum atomic E-state index is -1.00. The highest BCUT2D eigenvalue weighted by Gasteiger charge is 2.10. The largest absolute Gasteiger partial charge is 0.550 e. The molecule has 1 aliphatic rings. The fourth-order valence-corrected chi connectivity index (χ4v) is 3.41. The van der Waals surface area contributed by atoms with E-state index in [0.717, 1.165) is 36.1 Å². The van der Waals surface area contributed by atoms with E-state index in [4.69, 9.17) is 0 Å². The lowest BCUT2D eigenvalue weighted by Crippen LogP contribution is -2.44. The SMILES string of the molecule is O=C([O-])C1CNCCSCC(O)CSCCNC1. The fourth-order valence-electron chi connectivity index (χ4n) is 1.57. The van der Waals surface area contributed by atoms with Gasteiger partial charge in [-0.15, -0.1) is 0 Å². The van der Waals surface area contributed by atoms with Crippen LogP contribution in [0.5, 0.6) is 0 Å². The number of hydrogen-bond donors (Lipinski definition) is 3. The van der Waals surface area contributed by atoms with Gasteiger partial charge in [0.05, 0.1) is 6.10 Å². The zero-order chi connectivity index (χ0) is 13.2. The number of carboxylic acids is 1. The van der Waals surface area contributed by atoms with Crippen LogP contribution in [0, 0.1) is 5.92 Å². The summed E-state index contributed by atoms with van der Waals surface area (Å²) in [4.78, 5) is 10.9. The lowest BCUT2D eigenvalue weighted by Gasteiger charge is -2.20. The highest BCUT2D eigenvalue weighted by Crippen LogP contribution is 2.08. The van der Waals surface area contributed by atoms with Crippen LogP contribution in [0.4, 0.5) is 0 Å². The molecule has 1 fully saturated rings. The fraction of sp³-hybridized carbons (Fsp3) is 0.909. The van der Waals surface area contributed by atoms with E-state index < -0.39 is 11.9 Å². The van der Waals surface area contributed by atoms with E-state index in [9.17, 15) is 15.0 Å². The molecule has 0 aliphatic carbocycles. The Morgan fingerprint density at radius 3 is 2.06 bits per heavy atom. The Hall–Kier alpha value is 0.0500. The second-order valence-electron chi connectivity index (χ2n) is 4.23. The number of aliphatic hydroxyl groups is 1. The highest BCUT2D eigenvalue weighted by molar-refractivity contribution is 8.00. The van der Waals surface area contributed by atoms with E-state index in [-0.39, 0.29) is 6.10 Å². The van der Waals surface area contributed by atoms with Crippen LogP contribution < -0.4 is 15.7 Å². The quantitative estimate of drug-likeness (QED) is 0.535. The molecular formula is C11H21N2O3S2-. The molecule has 106 valence electrons. The molecule has 5 nitrogen and oxygen atoms in total. The Balaban J connectivity index is 2.32. The first-order chi connectivity index (χ1) is 8.70. The van der Waals surface area contributed by atoms with E-state index >= 15 is 0 Å². The molecule has 0 amide bonds. The molecule has 18 heavy (non-hydrogen) atoms. The molecule has 0 unspecified atom stereocenters. The molecule has 0 atom stereocenters. The summed E-state index contributed by atoms with van der Waals surface area (Å²) < 4.78 is 0. The summed E-state index contributed by atoms with van der Waals surface area (Å²) >= 11 is 3.39. The van der Waals surface area contributed by atoms with E-state index in [1.54, 1.807) is 23.5 Å². The van der Waals surface area contributed by atoms with Gasteiger partial charge in [0.15, 0.2) is 0 Å². The lowest BCUT2D eigenvalue weighted by atomic mass is 10.1. The van der Waals surface area contributed by atoms with Crippen LogP contribution in [0.15, 0.2) is 0 Å². The van der Waals surface area contributed by atoms with Gasteiger partial charge in [-0.3, -0.25) is 0 Å². The summed E-state index contributed by atoms with van der Waals surface area (Å²) in [6.07, 6.45) is -0.251. The molecule has 7 heteroatoms. The van der Waals surface area contributed by atoms with Crippen LogP contribution in [0.2, 0.25) is 0 Å². The van der Waals surface area contributed by atoms with Gasteiger partial charge in [-0.2, -0.15) is 23.5 Å². The van der Waals surface area contributed by atoms with Crippen molar-refractivity contribution in [3.05, 3.63) is 0 Å². The van der Waals surface area contributed by atoms with Gasteiger partial charge in [0, 0.05) is 61.1 Å². The first-order valence-electron chi connectivity index (χ1n) is 6.16. The van der Waals surface area contributed by atoms with Crippen LogP contribution in [0.25, 0.3) is 0 Å². The topological polar surface area (TPSA) is 84.4 Å². The molecule has 0 radical (unpaired) electrons. The first kappa shape index (κ1) is 16.1. The third-order valence-electron chi connectivity index (χ3n) is 2.58. The van der Waals surface area contributed by atoms with Gasteiger partial charge in [0.25, 0.3) is 0 Å². The van der Waals surface area contributed by atoms with Gasteiger partial charge >= 0.3 is 0 Å². The molecule has 1 rings (SSSR count). The molecule has 0 bridgehead atoms. The predicted octanol–water partition coefficient (Wildman–Crippen LogP) is -1.63. The Labute approximate surface area is 116 Å². The van der Waals surface area contributed by atoms with E-state index in [1.807, 2.05) is 0 Å². The van der Waals surface area contributed by atoms with Crippen molar-refractivity contribution in [3.63, 3.8) is 0 Å². The molecule has 1 aliphatic heterocycles. The predicted molar refractivity (Wildman–Crippen MR) is 74.9 cm³/mol. The van der Waals surface area contributed by atoms with Crippen molar-refractivity contribution in [1.82, 2.24) is 10.6 Å². The number of hydrogen-bond acceptors (Lipinski definition) is 7. The van der Waals surface area contributed by atoms with Crippen molar-refractivity contribution < 1.29 is 15.0 Å². The molecule has 0 aromatic carbocycles. The Morgan fingerprint density at radius 2 is 1.61 bits per heavy atom. The lowest BCUT2D eigenvalue weighted by molar-refractivity contribution is -0.311. The summed E-state index contributed by atoms with van der Waals surface area (Å²) in [5.41, 5.74) is 0. The van der Waals surface area contributed by atoms with Crippen LogP contribution in [-0.2, 0) is 4.79 Å². The number of thioether (sulfide) groups is 2. The van der Waals surface area contributed by atoms with Gasteiger partial charge in [0.2, 0.25) is 0 Å². The maximum absolute atomic E-state index is 10.9. The van der Waals surface area contributed by atoms with Crippen molar-refractivity contribution in [2.75, 3.05) is 49.2 Å². The molecular weight excluding hydrogens is 272 g/mol.